The Bertz CT molecular complexity index is 1310. The van der Waals surface area contributed by atoms with Crippen LogP contribution in [-0.2, 0) is 11.3 Å². The lowest BCUT2D eigenvalue weighted by Gasteiger charge is -2.31. The molecule has 198 valence electrons. The molecule has 3 aromatic rings. The van der Waals surface area contributed by atoms with Crippen LogP contribution in [0.5, 0.6) is 5.88 Å². The molecule has 2 aromatic heterocycles. The molecule has 0 atom stereocenters. The average molecular weight is 537 g/mol. The number of aromatic hydroxyl groups is 1. The molecular formula is C24H27F3N6O3S. The van der Waals surface area contributed by atoms with Gasteiger partial charge >= 0.3 is 11.2 Å². The van der Waals surface area contributed by atoms with Crippen LogP contribution in [0.3, 0.4) is 0 Å². The van der Waals surface area contributed by atoms with Crippen molar-refractivity contribution in [2.75, 3.05) is 45.1 Å². The van der Waals surface area contributed by atoms with Gasteiger partial charge < -0.3 is 15.3 Å². The molecule has 9 nitrogen and oxygen atoms in total. The number of anilines is 1. The maximum Gasteiger partial charge on any atom is 0.446 e. The lowest BCUT2D eigenvalue weighted by Crippen LogP contribution is -2.47. The fourth-order valence-corrected chi connectivity index (χ4v) is 4.64. The van der Waals surface area contributed by atoms with E-state index in [9.17, 15) is 27.9 Å². The second kappa shape index (κ2) is 11.0. The topological polar surface area (TPSA) is 95.6 Å². The number of imidazole rings is 1. The summed E-state index contributed by atoms with van der Waals surface area (Å²) in [6.45, 7) is 5.20. The molecular weight excluding hydrogens is 509 g/mol. The molecule has 0 spiro atoms. The van der Waals surface area contributed by atoms with Crippen molar-refractivity contribution in [3.63, 3.8) is 0 Å². The molecule has 0 unspecified atom stereocenters. The smallest absolute Gasteiger partial charge is 0.446 e. The summed E-state index contributed by atoms with van der Waals surface area (Å²) in [6.07, 6.45) is 3.05. The fourth-order valence-electron chi connectivity index (χ4n) is 4.10. The molecule has 0 saturated carbocycles. The first-order chi connectivity index (χ1) is 17.5. The third kappa shape index (κ3) is 6.53. The van der Waals surface area contributed by atoms with Crippen molar-refractivity contribution in [1.82, 2.24) is 23.9 Å². The van der Waals surface area contributed by atoms with Crippen LogP contribution >= 0.6 is 11.8 Å². The highest BCUT2D eigenvalue weighted by atomic mass is 32.2. The van der Waals surface area contributed by atoms with Gasteiger partial charge in [0.1, 0.15) is 0 Å². The van der Waals surface area contributed by atoms with Crippen LogP contribution in [-0.4, -0.2) is 80.2 Å². The molecule has 0 radical (unpaired) electrons. The Labute approximate surface area is 215 Å². The number of aromatic nitrogens is 3. The third-order valence-electron chi connectivity index (χ3n) is 6.17. The van der Waals surface area contributed by atoms with Crippen LogP contribution in [0.2, 0.25) is 0 Å². The summed E-state index contributed by atoms with van der Waals surface area (Å²) >= 11 is -0.260. The zero-order valence-electron chi connectivity index (χ0n) is 20.3. The largest absolute Gasteiger partial charge is 0.493 e. The van der Waals surface area contributed by atoms with Crippen molar-refractivity contribution in [3.05, 3.63) is 64.5 Å². The molecule has 1 aliphatic heterocycles. The lowest BCUT2D eigenvalue weighted by atomic mass is 10.2. The van der Waals surface area contributed by atoms with Crippen molar-refractivity contribution in [1.29, 1.82) is 0 Å². The third-order valence-corrected chi connectivity index (χ3v) is 6.91. The fraction of sp³-hybridized carbons (Fsp3) is 0.375. The molecule has 2 N–H and O–H groups in total. The van der Waals surface area contributed by atoms with Gasteiger partial charge in [0.05, 0.1) is 36.4 Å². The molecule has 4 rings (SSSR count). The molecule has 1 amide bonds. The van der Waals surface area contributed by atoms with E-state index in [-0.39, 0.29) is 52.9 Å². The second-order valence-electron chi connectivity index (χ2n) is 8.82. The Hall–Kier alpha value is -3.29. The Balaban J connectivity index is 1.53. The van der Waals surface area contributed by atoms with Gasteiger partial charge in [-0.2, -0.15) is 13.2 Å². The molecule has 0 aliphatic carbocycles. The number of rotatable bonds is 7. The summed E-state index contributed by atoms with van der Waals surface area (Å²) in [7, 11) is 2.04. The van der Waals surface area contributed by atoms with Gasteiger partial charge in [-0.3, -0.25) is 19.2 Å². The van der Waals surface area contributed by atoms with Crippen LogP contribution in [0, 0.1) is 6.92 Å². The van der Waals surface area contributed by atoms with Gasteiger partial charge in [0.2, 0.25) is 11.8 Å². The lowest BCUT2D eigenvalue weighted by molar-refractivity contribution is -0.117. The van der Waals surface area contributed by atoms with Crippen LogP contribution < -0.4 is 11.0 Å². The minimum atomic E-state index is -4.43. The number of halogens is 3. The SMILES string of the molecule is Cc1c(O)n(-c2ccc(SC(F)(F)F)cc2)c(=O)n1Cc1ccncc1NC(=O)CN1CCN(C)CC1. The van der Waals surface area contributed by atoms with Gasteiger partial charge in [-0.05, 0) is 61.6 Å². The Morgan fingerprint density at radius 1 is 1.14 bits per heavy atom. The number of hydrogen-bond acceptors (Lipinski definition) is 7. The number of carbonyl (C=O) groups is 1. The highest BCUT2D eigenvalue weighted by Gasteiger charge is 2.29. The predicted octanol–water partition coefficient (Wildman–Crippen LogP) is 2.89. The zero-order chi connectivity index (χ0) is 26.7. The molecule has 37 heavy (non-hydrogen) atoms. The summed E-state index contributed by atoms with van der Waals surface area (Å²) in [4.78, 5) is 34.2. The monoisotopic (exact) mass is 536 g/mol. The Morgan fingerprint density at radius 3 is 2.46 bits per heavy atom. The first-order valence-electron chi connectivity index (χ1n) is 11.5. The predicted molar refractivity (Wildman–Crippen MR) is 134 cm³/mol. The van der Waals surface area contributed by atoms with Crippen LogP contribution in [0.25, 0.3) is 5.69 Å². The summed E-state index contributed by atoms with van der Waals surface area (Å²) < 4.78 is 40.3. The summed E-state index contributed by atoms with van der Waals surface area (Å²) in [5, 5.41) is 13.5. The van der Waals surface area contributed by atoms with E-state index in [1.807, 2.05) is 7.05 Å². The first kappa shape index (κ1) is 26.8. The number of likely N-dealkylation sites (N-methyl/N-ethyl adjacent to an activating group) is 1. The van der Waals surface area contributed by atoms with Gasteiger partial charge in [0.25, 0.3) is 0 Å². The van der Waals surface area contributed by atoms with E-state index in [4.69, 9.17) is 0 Å². The number of piperazine rings is 1. The van der Waals surface area contributed by atoms with Gasteiger partial charge in [0.15, 0.2) is 0 Å². The van der Waals surface area contributed by atoms with Crippen LogP contribution in [0.1, 0.15) is 11.3 Å². The zero-order valence-corrected chi connectivity index (χ0v) is 21.1. The highest BCUT2D eigenvalue weighted by molar-refractivity contribution is 8.00. The van der Waals surface area contributed by atoms with E-state index >= 15 is 0 Å². The minimum absolute atomic E-state index is 0.0336. The standard InChI is InChI=1S/C24H27F3N6O3S/c1-16-22(35)33(18-3-5-19(6-4-18)37-24(25,26)27)23(36)32(16)14-17-7-8-28-13-20(17)29-21(34)15-31-11-9-30(2)10-12-31/h3-8,13,35H,9-12,14-15H2,1-2H3,(H,29,34). The van der Waals surface area contributed by atoms with Crippen molar-refractivity contribution >= 4 is 23.4 Å². The maximum atomic E-state index is 13.2. The molecule has 1 aromatic carbocycles. The van der Waals surface area contributed by atoms with Crippen LogP contribution in [0.15, 0.2) is 52.4 Å². The number of thioether (sulfide) groups is 1. The van der Waals surface area contributed by atoms with Gasteiger partial charge in [-0.1, -0.05) is 0 Å². The number of alkyl halides is 3. The van der Waals surface area contributed by atoms with Crippen molar-refractivity contribution in [2.45, 2.75) is 23.9 Å². The quantitative estimate of drug-likeness (QED) is 0.449. The van der Waals surface area contributed by atoms with E-state index in [1.54, 1.807) is 19.2 Å². The first-order valence-corrected chi connectivity index (χ1v) is 12.3. The number of benzene rings is 1. The number of nitrogens with zero attached hydrogens (tertiary/aromatic N) is 5. The summed E-state index contributed by atoms with van der Waals surface area (Å²) in [5.74, 6) is -0.518. The van der Waals surface area contributed by atoms with Crippen molar-refractivity contribution in [2.24, 2.45) is 0 Å². The minimum Gasteiger partial charge on any atom is -0.493 e. The molecule has 0 bridgehead atoms. The molecule has 1 aliphatic rings. The number of hydrogen-bond donors (Lipinski definition) is 2. The van der Waals surface area contributed by atoms with Gasteiger partial charge in [0, 0.05) is 37.3 Å². The number of pyridine rings is 1. The average Bonchev–Trinajstić information content (AvgIpc) is 3.04. The Kier molecular flexibility index (Phi) is 7.95. The normalized spacial score (nSPS) is 15.2. The molecule has 1 saturated heterocycles. The van der Waals surface area contributed by atoms with Crippen molar-refractivity contribution < 1.29 is 23.1 Å². The van der Waals surface area contributed by atoms with E-state index in [0.717, 1.165) is 30.7 Å². The molecule has 13 heteroatoms. The summed E-state index contributed by atoms with van der Waals surface area (Å²) in [6, 6.07) is 6.84. The van der Waals surface area contributed by atoms with Crippen LogP contribution in [0.4, 0.5) is 18.9 Å². The van der Waals surface area contributed by atoms with E-state index in [2.05, 4.69) is 20.1 Å². The van der Waals surface area contributed by atoms with Gasteiger partial charge in [-0.25, -0.2) is 9.36 Å². The number of carbonyl (C=O) groups excluding carboxylic acids is 1. The van der Waals surface area contributed by atoms with E-state index in [1.165, 1.54) is 35.0 Å². The number of nitrogens with one attached hydrogen (secondary N) is 1. The summed E-state index contributed by atoms with van der Waals surface area (Å²) in [5.41, 5.74) is -3.44. The highest BCUT2D eigenvalue weighted by Crippen LogP contribution is 2.37. The van der Waals surface area contributed by atoms with Crippen molar-refractivity contribution in [3.8, 4) is 11.6 Å². The number of amides is 1. The Morgan fingerprint density at radius 2 is 1.81 bits per heavy atom. The van der Waals surface area contributed by atoms with Gasteiger partial charge in [-0.15, -0.1) is 0 Å². The maximum absolute atomic E-state index is 13.2. The van der Waals surface area contributed by atoms with E-state index in [0.29, 0.717) is 11.3 Å². The second-order valence-corrected chi connectivity index (χ2v) is 9.95. The molecule has 1 fully saturated rings. The molecule has 3 heterocycles. The van der Waals surface area contributed by atoms with E-state index < -0.39 is 11.2 Å².